The van der Waals surface area contributed by atoms with Gasteiger partial charge in [-0.25, -0.2) is 0 Å². The van der Waals surface area contributed by atoms with Gasteiger partial charge in [0.25, 0.3) is 5.91 Å². The number of rotatable bonds is 0. The van der Waals surface area contributed by atoms with Gasteiger partial charge in [-0.2, -0.15) is 0 Å². The lowest BCUT2D eigenvalue weighted by molar-refractivity contribution is 0.0951. The van der Waals surface area contributed by atoms with Crippen molar-refractivity contribution in [1.29, 1.82) is 0 Å². The maximum atomic E-state index is 11.3. The van der Waals surface area contributed by atoms with Gasteiger partial charge in [0, 0.05) is 13.6 Å². The smallest absolute Gasteiger partial charge is 0.273 e. The number of amides is 1. The van der Waals surface area contributed by atoms with Crippen LogP contribution in [0.3, 0.4) is 0 Å². The van der Waals surface area contributed by atoms with E-state index in [1.165, 1.54) is 0 Å². The minimum Gasteiger partial charge on any atom is -0.351 e. The topological polar surface area (TPSA) is 59.8 Å². The van der Waals surface area contributed by atoms with Crippen LogP contribution in [0.2, 0.25) is 0 Å². The summed E-state index contributed by atoms with van der Waals surface area (Å²) in [5.74, 6) is -0.101. The van der Waals surface area contributed by atoms with Crippen LogP contribution in [0.4, 0.5) is 0 Å². The maximum Gasteiger partial charge on any atom is 0.273 e. The molecule has 1 aromatic rings. The number of aryl methyl sites for hydroxylation is 1. The third kappa shape index (κ3) is 0.975. The molecule has 0 fully saturated rings. The highest BCUT2D eigenvalue weighted by atomic mass is 16.2. The summed E-state index contributed by atoms with van der Waals surface area (Å²) in [5.41, 5.74) is 1.42. The number of carbonyl (C=O) groups excluding carboxylic acids is 1. The molecular formula is C7H10N4O. The number of carbonyl (C=O) groups is 1. The Morgan fingerprint density at radius 3 is 3.25 bits per heavy atom. The zero-order chi connectivity index (χ0) is 8.55. The monoisotopic (exact) mass is 166 g/mol. The number of hydrogen-bond acceptors (Lipinski definition) is 3. The van der Waals surface area contributed by atoms with Crippen LogP contribution in [-0.4, -0.2) is 27.4 Å². The zero-order valence-corrected chi connectivity index (χ0v) is 6.87. The lowest BCUT2D eigenvalue weighted by Crippen LogP contribution is -2.23. The first-order chi connectivity index (χ1) is 5.79. The standard InChI is InChI=1S/C7H10N4O/c1-11-5-3-2-4-8-7(12)6(5)9-10-11/h2-4H2,1H3,(H,8,12). The highest BCUT2D eigenvalue weighted by Crippen LogP contribution is 2.09. The average Bonchev–Trinajstić information content (AvgIpc) is 2.30. The summed E-state index contributed by atoms with van der Waals surface area (Å²) in [6.07, 6.45) is 1.83. The number of hydrogen-bond donors (Lipinski definition) is 1. The Balaban J connectivity index is 2.47. The molecule has 12 heavy (non-hydrogen) atoms. The lowest BCUT2D eigenvalue weighted by atomic mass is 10.2. The predicted molar refractivity (Wildman–Crippen MR) is 41.7 cm³/mol. The van der Waals surface area contributed by atoms with Gasteiger partial charge in [-0.3, -0.25) is 9.48 Å². The molecule has 0 saturated heterocycles. The Labute approximate surface area is 69.8 Å². The van der Waals surface area contributed by atoms with E-state index >= 15 is 0 Å². The van der Waals surface area contributed by atoms with E-state index in [4.69, 9.17) is 0 Å². The molecule has 0 bridgehead atoms. The van der Waals surface area contributed by atoms with Crippen molar-refractivity contribution in [2.24, 2.45) is 7.05 Å². The van der Waals surface area contributed by atoms with E-state index in [9.17, 15) is 4.79 Å². The molecule has 1 amide bonds. The van der Waals surface area contributed by atoms with E-state index in [0.29, 0.717) is 5.69 Å². The van der Waals surface area contributed by atoms with Crippen LogP contribution in [0.25, 0.3) is 0 Å². The Morgan fingerprint density at radius 2 is 2.42 bits per heavy atom. The first kappa shape index (κ1) is 7.27. The minimum atomic E-state index is -0.101. The van der Waals surface area contributed by atoms with Crippen LogP contribution < -0.4 is 5.32 Å². The van der Waals surface area contributed by atoms with Crippen molar-refractivity contribution < 1.29 is 4.79 Å². The molecule has 2 rings (SSSR count). The van der Waals surface area contributed by atoms with Crippen LogP contribution >= 0.6 is 0 Å². The third-order valence-corrected chi connectivity index (χ3v) is 2.03. The molecule has 5 nitrogen and oxygen atoms in total. The second-order valence-corrected chi connectivity index (χ2v) is 2.87. The van der Waals surface area contributed by atoms with Gasteiger partial charge in [0.05, 0.1) is 5.69 Å². The Hall–Kier alpha value is -1.39. The molecular weight excluding hydrogens is 156 g/mol. The summed E-state index contributed by atoms with van der Waals surface area (Å²) in [6.45, 7) is 0.731. The summed E-state index contributed by atoms with van der Waals surface area (Å²) in [7, 11) is 1.81. The molecule has 1 N–H and O–H groups in total. The van der Waals surface area contributed by atoms with Crippen molar-refractivity contribution in [2.75, 3.05) is 6.54 Å². The largest absolute Gasteiger partial charge is 0.351 e. The van der Waals surface area contributed by atoms with Gasteiger partial charge < -0.3 is 5.32 Å². The molecule has 0 unspecified atom stereocenters. The SMILES string of the molecule is Cn1nnc2c1CCCNC2=O. The van der Waals surface area contributed by atoms with E-state index in [-0.39, 0.29) is 5.91 Å². The van der Waals surface area contributed by atoms with Crippen molar-refractivity contribution in [3.05, 3.63) is 11.4 Å². The number of aromatic nitrogens is 3. The highest BCUT2D eigenvalue weighted by molar-refractivity contribution is 5.93. The zero-order valence-electron chi connectivity index (χ0n) is 6.87. The first-order valence-corrected chi connectivity index (χ1v) is 3.96. The van der Waals surface area contributed by atoms with E-state index in [0.717, 1.165) is 25.1 Å². The van der Waals surface area contributed by atoms with Gasteiger partial charge in [-0.1, -0.05) is 5.21 Å². The predicted octanol–water partition coefficient (Wildman–Crippen LogP) is -0.509. The number of nitrogens with one attached hydrogen (secondary N) is 1. The molecule has 1 aliphatic rings. The molecule has 5 heteroatoms. The van der Waals surface area contributed by atoms with Gasteiger partial charge in [0.2, 0.25) is 0 Å². The van der Waals surface area contributed by atoms with E-state index < -0.39 is 0 Å². The number of nitrogens with zero attached hydrogens (tertiary/aromatic N) is 3. The molecule has 64 valence electrons. The Kier molecular flexibility index (Phi) is 1.56. The van der Waals surface area contributed by atoms with Crippen molar-refractivity contribution in [1.82, 2.24) is 20.3 Å². The molecule has 0 saturated carbocycles. The molecule has 2 heterocycles. The van der Waals surface area contributed by atoms with Crippen LogP contribution in [0.1, 0.15) is 22.6 Å². The fourth-order valence-corrected chi connectivity index (χ4v) is 1.37. The van der Waals surface area contributed by atoms with Crippen LogP contribution in [-0.2, 0) is 13.5 Å². The van der Waals surface area contributed by atoms with Gasteiger partial charge in [0.1, 0.15) is 0 Å². The van der Waals surface area contributed by atoms with Crippen LogP contribution in [0.15, 0.2) is 0 Å². The molecule has 0 spiro atoms. The molecule has 0 atom stereocenters. The number of fused-ring (bicyclic) bond motifs is 1. The maximum absolute atomic E-state index is 11.3. The van der Waals surface area contributed by atoms with Crippen molar-refractivity contribution >= 4 is 5.91 Å². The van der Waals surface area contributed by atoms with Crippen molar-refractivity contribution in [2.45, 2.75) is 12.8 Å². The van der Waals surface area contributed by atoms with Crippen molar-refractivity contribution in [3.63, 3.8) is 0 Å². The molecule has 0 aliphatic carbocycles. The summed E-state index contributed by atoms with van der Waals surface area (Å²) in [6, 6.07) is 0. The fourth-order valence-electron chi connectivity index (χ4n) is 1.37. The van der Waals surface area contributed by atoms with Crippen LogP contribution in [0, 0.1) is 0 Å². The summed E-state index contributed by atoms with van der Waals surface area (Å²) in [4.78, 5) is 11.3. The lowest BCUT2D eigenvalue weighted by Gasteiger charge is -1.95. The minimum absolute atomic E-state index is 0.101. The van der Waals surface area contributed by atoms with E-state index in [2.05, 4.69) is 15.6 Å². The summed E-state index contributed by atoms with van der Waals surface area (Å²) >= 11 is 0. The summed E-state index contributed by atoms with van der Waals surface area (Å²) in [5, 5.41) is 10.4. The van der Waals surface area contributed by atoms with E-state index in [1.54, 1.807) is 4.68 Å². The first-order valence-electron chi connectivity index (χ1n) is 3.96. The van der Waals surface area contributed by atoms with E-state index in [1.807, 2.05) is 7.05 Å². The average molecular weight is 166 g/mol. The highest BCUT2D eigenvalue weighted by Gasteiger charge is 2.19. The summed E-state index contributed by atoms with van der Waals surface area (Å²) < 4.78 is 1.67. The second kappa shape index (κ2) is 2.58. The van der Waals surface area contributed by atoms with Gasteiger partial charge in [0.15, 0.2) is 5.69 Å². The van der Waals surface area contributed by atoms with Gasteiger partial charge >= 0.3 is 0 Å². The quantitative estimate of drug-likeness (QED) is 0.564. The van der Waals surface area contributed by atoms with Crippen LogP contribution in [0.5, 0.6) is 0 Å². The molecule has 0 radical (unpaired) electrons. The molecule has 1 aromatic heterocycles. The van der Waals surface area contributed by atoms with Gasteiger partial charge in [-0.05, 0) is 12.8 Å². The normalized spacial score (nSPS) is 16.6. The van der Waals surface area contributed by atoms with Gasteiger partial charge in [-0.15, -0.1) is 5.10 Å². The molecule has 1 aliphatic heterocycles. The molecule has 0 aromatic carbocycles. The fraction of sp³-hybridized carbons (Fsp3) is 0.571. The Bertz CT molecular complexity index is 317. The second-order valence-electron chi connectivity index (χ2n) is 2.87. The Morgan fingerprint density at radius 1 is 1.58 bits per heavy atom. The van der Waals surface area contributed by atoms with Crippen molar-refractivity contribution in [3.8, 4) is 0 Å². The third-order valence-electron chi connectivity index (χ3n) is 2.03.